The molecule has 0 fully saturated rings. The molecule has 4 nitrogen and oxygen atoms in total. The number of hydrogen-bond acceptors (Lipinski definition) is 3. The fourth-order valence-corrected chi connectivity index (χ4v) is 3.54. The first-order chi connectivity index (χ1) is 8.75. The van der Waals surface area contributed by atoms with Gasteiger partial charge in [0, 0.05) is 18.6 Å². The van der Waals surface area contributed by atoms with Gasteiger partial charge in [0.2, 0.25) is 10.0 Å². The van der Waals surface area contributed by atoms with Crippen LogP contribution in [0.3, 0.4) is 0 Å². The van der Waals surface area contributed by atoms with Crippen molar-refractivity contribution in [2.45, 2.75) is 44.2 Å². The molecule has 1 heterocycles. The number of rotatable bonds is 2. The van der Waals surface area contributed by atoms with Gasteiger partial charge in [-0.3, -0.25) is 4.90 Å². The lowest BCUT2D eigenvalue weighted by Crippen LogP contribution is -2.44. The SMILES string of the molecule is CNS(=O)(=O)c1cccc2c1CCN(C(C)(C)C)C2. The summed E-state index contributed by atoms with van der Waals surface area (Å²) in [5, 5.41) is 0. The predicted molar refractivity (Wildman–Crippen MR) is 76.6 cm³/mol. The zero-order valence-corrected chi connectivity index (χ0v) is 12.8. The van der Waals surface area contributed by atoms with Crippen molar-refractivity contribution in [1.29, 1.82) is 0 Å². The van der Waals surface area contributed by atoms with Crippen LogP contribution in [0.5, 0.6) is 0 Å². The first kappa shape index (κ1) is 14.5. The number of hydrogen-bond donors (Lipinski definition) is 1. The van der Waals surface area contributed by atoms with Gasteiger partial charge in [0.15, 0.2) is 0 Å². The van der Waals surface area contributed by atoms with E-state index in [9.17, 15) is 8.42 Å². The van der Waals surface area contributed by atoms with E-state index in [1.807, 2.05) is 12.1 Å². The second-order valence-corrected chi connectivity index (χ2v) is 7.80. The van der Waals surface area contributed by atoms with Crippen LogP contribution in [-0.2, 0) is 23.0 Å². The predicted octanol–water partition coefficient (Wildman–Crippen LogP) is 1.75. The lowest BCUT2D eigenvalue weighted by Gasteiger charge is -2.39. The van der Waals surface area contributed by atoms with E-state index >= 15 is 0 Å². The molecule has 0 bridgehead atoms. The molecule has 5 heteroatoms. The zero-order chi connectivity index (χ0) is 14.3. The minimum Gasteiger partial charge on any atom is -0.294 e. The summed E-state index contributed by atoms with van der Waals surface area (Å²) >= 11 is 0. The number of sulfonamides is 1. The fraction of sp³-hybridized carbons (Fsp3) is 0.571. The van der Waals surface area contributed by atoms with Crippen LogP contribution in [0.2, 0.25) is 0 Å². The van der Waals surface area contributed by atoms with Crippen LogP contribution in [0.15, 0.2) is 23.1 Å². The van der Waals surface area contributed by atoms with Gasteiger partial charge in [-0.25, -0.2) is 13.1 Å². The second-order valence-electron chi connectivity index (χ2n) is 5.94. The van der Waals surface area contributed by atoms with Gasteiger partial charge in [-0.2, -0.15) is 0 Å². The summed E-state index contributed by atoms with van der Waals surface area (Å²) in [6, 6.07) is 5.55. The Bertz CT molecular complexity index is 574. The van der Waals surface area contributed by atoms with Gasteiger partial charge in [0.25, 0.3) is 0 Å². The maximum Gasteiger partial charge on any atom is 0.240 e. The van der Waals surface area contributed by atoms with E-state index < -0.39 is 10.0 Å². The van der Waals surface area contributed by atoms with E-state index in [0.717, 1.165) is 30.6 Å². The first-order valence-electron chi connectivity index (χ1n) is 6.55. The van der Waals surface area contributed by atoms with E-state index in [2.05, 4.69) is 30.4 Å². The highest BCUT2D eigenvalue weighted by molar-refractivity contribution is 7.89. The van der Waals surface area contributed by atoms with Crippen molar-refractivity contribution < 1.29 is 8.42 Å². The number of fused-ring (bicyclic) bond motifs is 1. The van der Waals surface area contributed by atoms with Crippen molar-refractivity contribution in [3.8, 4) is 0 Å². The van der Waals surface area contributed by atoms with Gasteiger partial charge in [0.1, 0.15) is 0 Å². The standard InChI is InChI=1S/C14H22N2O2S/c1-14(2,3)16-9-8-12-11(10-16)6-5-7-13(12)19(17,18)15-4/h5-7,15H,8-10H2,1-4H3. The van der Waals surface area contributed by atoms with Crippen molar-refractivity contribution in [1.82, 2.24) is 9.62 Å². The molecule has 106 valence electrons. The quantitative estimate of drug-likeness (QED) is 0.899. The molecular formula is C14H22N2O2S. The topological polar surface area (TPSA) is 49.4 Å². The van der Waals surface area contributed by atoms with E-state index in [4.69, 9.17) is 0 Å². The molecule has 0 spiro atoms. The molecule has 0 radical (unpaired) electrons. The van der Waals surface area contributed by atoms with Crippen LogP contribution in [0, 0.1) is 0 Å². The highest BCUT2D eigenvalue weighted by Crippen LogP contribution is 2.29. The monoisotopic (exact) mass is 282 g/mol. The highest BCUT2D eigenvalue weighted by atomic mass is 32.2. The van der Waals surface area contributed by atoms with E-state index in [-0.39, 0.29) is 5.54 Å². The molecule has 0 aromatic heterocycles. The Morgan fingerprint density at radius 2 is 1.95 bits per heavy atom. The van der Waals surface area contributed by atoms with Crippen molar-refractivity contribution in [3.05, 3.63) is 29.3 Å². The molecule has 1 aromatic rings. The normalized spacial score (nSPS) is 17.3. The Balaban J connectivity index is 2.43. The maximum absolute atomic E-state index is 12.0. The summed E-state index contributed by atoms with van der Waals surface area (Å²) in [4.78, 5) is 2.81. The Morgan fingerprint density at radius 1 is 1.26 bits per heavy atom. The van der Waals surface area contributed by atoms with Crippen LogP contribution < -0.4 is 4.72 Å². The summed E-state index contributed by atoms with van der Waals surface area (Å²) in [5.74, 6) is 0. The number of nitrogens with zero attached hydrogens (tertiary/aromatic N) is 1. The third kappa shape index (κ3) is 2.83. The lowest BCUT2D eigenvalue weighted by molar-refractivity contribution is 0.120. The molecule has 0 aliphatic carbocycles. The fourth-order valence-electron chi connectivity index (χ4n) is 2.51. The van der Waals surface area contributed by atoms with Crippen LogP contribution >= 0.6 is 0 Å². The minimum absolute atomic E-state index is 0.107. The average molecular weight is 282 g/mol. The Morgan fingerprint density at radius 3 is 2.53 bits per heavy atom. The van der Waals surface area contributed by atoms with Crippen LogP contribution in [0.25, 0.3) is 0 Å². The summed E-state index contributed by atoms with van der Waals surface area (Å²) in [6.45, 7) is 8.27. The van der Waals surface area contributed by atoms with Crippen molar-refractivity contribution >= 4 is 10.0 Å². The molecule has 1 aliphatic heterocycles. The average Bonchev–Trinajstić information content (AvgIpc) is 2.36. The van der Waals surface area contributed by atoms with Crippen molar-refractivity contribution in [2.75, 3.05) is 13.6 Å². The van der Waals surface area contributed by atoms with Crippen molar-refractivity contribution in [2.24, 2.45) is 0 Å². The largest absolute Gasteiger partial charge is 0.294 e. The van der Waals surface area contributed by atoms with Gasteiger partial charge < -0.3 is 0 Å². The van der Waals surface area contributed by atoms with Gasteiger partial charge in [-0.1, -0.05) is 12.1 Å². The molecule has 2 rings (SSSR count). The van der Waals surface area contributed by atoms with Gasteiger partial charge in [0.05, 0.1) is 4.90 Å². The molecule has 0 atom stereocenters. The molecule has 1 aromatic carbocycles. The minimum atomic E-state index is -3.36. The number of benzene rings is 1. The smallest absolute Gasteiger partial charge is 0.240 e. The molecule has 0 saturated heterocycles. The van der Waals surface area contributed by atoms with Crippen LogP contribution in [0.1, 0.15) is 31.9 Å². The van der Waals surface area contributed by atoms with E-state index in [0.29, 0.717) is 4.90 Å². The third-order valence-corrected chi connectivity index (χ3v) is 5.23. The first-order valence-corrected chi connectivity index (χ1v) is 8.03. The Labute approximate surface area is 115 Å². The van der Waals surface area contributed by atoms with Gasteiger partial charge >= 0.3 is 0 Å². The molecule has 0 saturated carbocycles. The highest BCUT2D eigenvalue weighted by Gasteiger charge is 2.28. The second kappa shape index (κ2) is 4.89. The van der Waals surface area contributed by atoms with Crippen LogP contribution in [0.4, 0.5) is 0 Å². The summed E-state index contributed by atoms with van der Waals surface area (Å²) < 4.78 is 26.5. The van der Waals surface area contributed by atoms with E-state index in [1.165, 1.54) is 7.05 Å². The number of nitrogens with one attached hydrogen (secondary N) is 1. The van der Waals surface area contributed by atoms with Gasteiger partial charge in [-0.15, -0.1) is 0 Å². The summed E-state index contributed by atoms with van der Waals surface area (Å²) in [5.41, 5.74) is 2.20. The third-order valence-electron chi connectivity index (χ3n) is 3.73. The van der Waals surface area contributed by atoms with Crippen molar-refractivity contribution in [3.63, 3.8) is 0 Å². The maximum atomic E-state index is 12.0. The molecule has 1 N–H and O–H groups in total. The molecule has 19 heavy (non-hydrogen) atoms. The molecular weight excluding hydrogens is 260 g/mol. The lowest BCUT2D eigenvalue weighted by atomic mass is 9.95. The Hall–Kier alpha value is -0.910. The van der Waals surface area contributed by atoms with Crippen LogP contribution in [-0.4, -0.2) is 32.4 Å². The zero-order valence-electron chi connectivity index (χ0n) is 12.0. The molecule has 0 amide bonds. The summed E-state index contributed by atoms with van der Waals surface area (Å²) in [7, 11) is -1.90. The summed E-state index contributed by atoms with van der Waals surface area (Å²) in [6.07, 6.45) is 0.781. The van der Waals surface area contributed by atoms with E-state index in [1.54, 1.807) is 6.07 Å². The Kier molecular flexibility index (Phi) is 3.73. The molecule has 1 aliphatic rings. The van der Waals surface area contributed by atoms with Gasteiger partial charge in [-0.05, 0) is 51.4 Å². The molecule has 0 unspecified atom stereocenters.